The molecule has 0 unspecified atom stereocenters. The molecule has 5 heteroatoms. The minimum atomic E-state index is -0.477. The summed E-state index contributed by atoms with van der Waals surface area (Å²) in [5, 5.41) is 3.33. The van der Waals surface area contributed by atoms with Gasteiger partial charge in [0.1, 0.15) is 5.60 Å². The van der Waals surface area contributed by atoms with Gasteiger partial charge in [0.25, 0.3) is 0 Å². The lowest BCUT2D eigenvalue weighted by molar-refractivity contribution is 0.0584. The molecule has 1 aromatic carbocycles. The summed E-state index contributed by atoms with van der Waals surface area (Å²) in [5.74, 6) is 0. The Kier molecular flexibility index (Phi) is 5.13. The molecule has 25 heavy (non-hydrogen) atoms. The van der Waals surface area contributed by atoms with Gasteiger partial charge in [0, 0.05) is 17.5 Å². The molecular weight excluding hydrogens is 332 g/mol. The Morgan fingerprint density at radius 3 is 2.88 bits per heavy atom. The van der Waals surface area contributed by atoms with Gasteiger partial charge in [0.05, 0.1) is 16.4 Å². The zero-order chi connectivity index (χ0) is 18.0. The predicted octanol–water partition coefficient (Wildman–Crippen LogP) is 5.45. The predicted molar refractivity (Wildman–Crippen MR) is 103 cm³/mol. The highest BCUT2D eigenvalue weighted by Crippen LogP contribution is 2.33. The number of anilines is 1. The van der Waals surface area contributed by atoms with Gasteiger partial charge in [0.2, 0.25) is 0 Å². The lowest BCUT2D eigenvalue weighted by Gasteiger charge is -2.24. The first-order valence-electron chi connectivity index (χ1n) is 8.95. The summed E-state index contributed by atoms with van der Waals surface area (Å²) >= 11 is 1.73. The standard InChI is InChI=1S/C20H26N2O2S/c1-5-6-7-18-21-16(13-25-18)14-8-9-17-15(12-14)10-11-22(17)19(23)24-20(2,3)4/h8-9,12-13H,5-7,10-11H2,1-4H3. The number of hydrogen-bond acceptors (Lipinski definition) is 4. The van der Waals surface area contributed by atoms with Crippen molar-refractivity contribution >= 4 is 23.1 Å². The highest BCUT2D eigenvalue weighted by atomic mass is 32.1. The number of amides is 1. The van der Waals surface area contributed by atoms with Crippen LogP contribution < -0.4 is 4.90 Å². The van der Waals surface area contributed by atoms with E-state index >= 15 is 0 Å². The number of aromatic nitrogens is 1. The quantitative estimate of drug-likeness (QED) is 0.730. The maximum Gasteiger partial charge on any atom is 0.414 e. The molecular formula is C20H26N2O2S. The number of thiazole rings is 1. The van der Waals surface area contributed by atoms with Crippen molar-refractivity contribution in [1.29, 1.82) is 0 Å². The Balaban J connectivity index is 1.77. The summed E-state index contributed by atoms with van der Waals surface area (Å²) in [6.07, 6.45) is 4.01. The number of benzene rings is 1. The van der Waals surface area contributed by atoms with Gasteiger partial charge in [-0.2, -0.15) is 0 Å². The molecule has 0 fully saturated rings. The van der Waals surface area contributed by atoms with Gasteiger partial charge in [-0.3, -0.25) is 4.90 Å². The number of rotatable bonds is 4. The molecule has 0 saturated heterocycles. The fraction of sp³-hybridized carbons (Fsp3) is 0.500. The summed E-state index contributed by atoms with van der Waals surface area (Å²) < 4.78 is 5.51. The van der Waals surface area contributed by atoms with Crippen molar-refractivity contribution in [3.63, 3.8) is 0 Å². The minimum Gasteiger partial charge on any atom is -0.443 e. The van der Waals surface area contributed by atoms with E-state index in [1.807, 2.05) is 26.8 Å². The second kappa shape index (κ2) is 7.16. The van der Waals surface area contributed by atoms with Crippen LogP contribution in [0.4, 0.5) is 10.5 Å². The molecule has 0 aliphatic carbocycles. The lowest BCUT2D eigenvalue weighted by Crippen LogP contribution is -2.35. The van der Waals surface area contributed by atoms with E-state index < -0.39 is 5.60 Å². The van der Waals surface area contributed by atoms with Crippen molar-refractivity contribution < 1.29 is 9.53 Å². The van der Waals surface area contributed by atoms with Crippen LogP contribution >= 0.6 is 11.3 Å². The Hall–Kier alpha value is -1.88. The monoisotopic (exact) mass is 358 g/mol. The summed E-state index contributed by atoms with van der Waals surface area (Å²) in [6.45, 7) is 8.55. The van der Waals surface area contributed by atoms with Crippen molar-refractivity contribution in [2.75, 3.05) is 11.4 Å². The number of carbonyl (C=O) groups excluding carboxylic acids is 1. The van der Waals surface area contributed by atoms with Crippen molar-refractivity contribution in [3.8, 4) is 11.3 Å². The minimum absolute atomic E-state index is 0.269. The SMILES string of the molecule is CCCCc1nc(-c2ccc3c(c2)CCN3C(=O)OC(C)(C)C)cs1. The smallest absolute Gasteiger partial charge is 0.414 e. The van der Waals surface area contributed by atoms with Crippen LogP contribution in [-0.4, -0.2) is 23.2 Å². The van der Waals surface area contributed by atoms with Crippen molar-refractivity contribution in [1.82, 2.24) is 4.98 Å². The molecule has 1 aromatic heterocycles. The van der Waals surface area contributed by atoms with Crippen LogP contribution in [0.1, 0.15) is 51.1 Å². The average Bonchev–Trinajstić information content (AvgIpc) is 3.17. The van der Waals surface area contributed by atoms with Crippen LogP contribution in [0.2, 0.25) is 0 Å². The Morgan fingerprint density at radius 1 is 1.36 bits per heavy atom. The third-order valence-corrected chi connectivity index (χ3v) is 5.09. The Bertz CT molecular complexity index is 761. The van der Waals surface area contributed by atoms with E-state index in [0.29, 0.717) is 6.54 Å². The van der Waals surface area contributed by atoms with E-state index in [-0.39, 0.29) is 6.09 Å². The molecule has 0 saturated carbocycles. The van der Waals surface area contributed by atoms with Crippen LogP contribution in [0.3, 0.4) is 0 Å². The first-order valence-corrected chi connectivity index (χ1v) is 9.83. The molecule has 2 aromatic rings. The first-order chi connectivity index (χ1) is 11.9. The van der Waals surface area contributed by atoms with Crippen LogP contribution in [0.25, 0.3) is 11.3 Å². The number of hydrogen-bond donors (Lipinski definition) is 0. The molecule has 0 radical (unpaired) electrons. The third-order valence-electron chi connectivity index (χ3n) is 4.18. The van der Waals surface area contributed by atoms with Crippen molar-refractivity contribution in [2.24, 2.45) is 0 Å². The average molecular weight is 359 g/mol. The highest BCUT2D eigenvalue weighted by molar-refractivity contribution is 7.09. The van der Waals surface area contributed by atoms with Crippen LogP contribution in [0, 0.1) is 0 Å². The van der Waals surface area contributed by atoms with Gasteiger partial charge in [-0.1, -0.05) is 19.4 Å². The largest absolute Gasteiger partial charge is 0.443 e. The first kappa shape index (κ1) is 17.9. The fourth-order valence-electron chi connectivity index (χ4n) is 2.95. The molecule has 0 spiro atoms. The third kappa shape index (κ3) is 4.21. The molecule has 1 aliphatic heterocycles. The van der Waals surface area contributed by atoms with Crippen LogP contribution in [0.15, 0.2) is 23.6 Å². The number of carbonyl (C=O) groups is 1. The number of unbranched alkanes of at least 4 members (excludes halogenated alkanes) is 1. The molecule has 0 N–H and O–H groups in total. The van der Waals surface area contributed by atoms with E-state index in [2.05, 4.69) is 24.4 Å². The molecule has 1 amide bonds. The van der Waals surface area contributed by atoms with Crippen molar-refractivity contribution in [3.05, 3.63) is 34.2 Å². The van der Waals surface area contributed by atoms with Gasteiger partial charge in [0.15, 0.2) is 0 Å². The number of ether oxygens (including phenoxy) is 1. The number of aryl methyl sites for hydroxylation is 1. The molecule has 134 valence electrons. The topological polar surface area (TPSA) is 42.4 Å². The van der Waals surface area contributed by atoms with Gasteiger partial charge in [-0.25, -0.2) is 9.78 Å². The number of fused-ring (bicyclic) bond motifs is 1. The van der Waals surface area contributed by atoms with E-state index in [4.69, 9.17) is 9.72 Å². The summed E-state index contributed by atoms with van der Waals surface area (Å²) in [4.78, 5) is 18.9. The zero-order valence-electron chi connectivity index (χ0n) is 15.5. The van der Waals surface area contributed by atoms with Crippen LogP contribution in [-0.2, 0) is 17.6 Å². The van der Waals surface area contributed by atoms with E-state index in [1.54, 1.807) is 16.2 Å². The molecule has 3 rings (SSSR count). The summed E-state index contributed by atoms with van der Waals surface area (Å²) in [5.41, 5.74) is 3.83. The molecule has 2 heterocycles. The number of nitrogens with zero attached hydrogens (tertiary/aromatic N) is 2. The maximum atomic E-state index is 12.4. The van der Waals surface area contributed by atoms with Gasteiger partial charge in [-0.05, 0) is 57.7 Å². The van der Waals surface area contributed by atoms with Crippen LogP contribution in [0.5, 0.6) is 0 Å². The second-order valence-corrected chi connectivity index (χ2v) is 8.40. The van der Waals surface area contributed by atoms with E-state index in [0.717, 1.165) is 29.8 Å². The summed E-state index contributed by atoms with van der Waals surface area (Å²) in [7, 11) is 0. The van der Waals surface area contributed by atoms with Crippen molar-refractivity contribution in [2.45, 2.75) is 59.0 Å². The zero-order valence-corrected chi connectivity index (χ0v) is 16.3. The fourth-order valence-corrected chi connectivity index (χ4v) is 3.80. The normalized spacial score (nSPS) is 13.8. The maximum absolute atomic E-state index is 12.4. The molecule has 4 nitrogen and oxygen atoms in total. The van der Waals surface area contributed by atoms with E-state index in [1.165, 1.54) is 23.4 Å². The Morgan fingerprint density at radius 2 is 2.16 bits per heavy atom. The lowest BCUT2D eigenvalue weighted by atomic mass is 10.1. The van der Waals surface area contributed by atoms with Gasteiger partial charge in [-0.15, -0.1) is 11.3 Å². The van der Waals surface area contributed by atoms with E-state index in [9.17, 15) is 4.79 Å². The molecule has 0 atom stereocenters. The molecule has 0 bridgehead atoms. The highest BCUT2D eigenvalue weighted by Gasteiger charge is 2.29. The van der Waals surface area contributed by atoms with Gasteiger partial charge < -0.3 is 4.74 Å². The molecule has 1 aliphatic rings. The van der Waals surface area contributed by atoms with Gasteiger partial charge >= 0.3 is 6.09 Å². The second-order valence-electron chi connectivity index (χ2n) is 7.46. The summed E-state index contributed by atoms with van der Waals surface area (Å²) in [6, 6.07) is 6.24. The Labute approximate surface area is 153 Å².